The van der Waals surface area contributed by atoms with Crippen LogP contribution in [-0.4, -0.2) is 0 Å². The molecule has 0 bridgehead atoms. The van der Waals surface area contributed by atoms with E-state index in [1.165, 1.54) is 54.3 Å². The van der Waals surface area contributed by atoms with E-state index in [1.54, 1.807) is 11.3 Å². The first-order valence-electron chi connectivity index (χ1n) is 6.50. The van der Waals surface area contributed by atoms with Crippen LogP contribution in [-0.2, 0) is 0 Å². The number of hydrogen-bond acceptors (Lipinski definition) is 3. The maximum Gasteiger partial charge on any atom is 0.0567 e. The van der Waals surface area contributed by atoms with Crippen LogP contribution in [0.5, 0.6) is 0 Å². The van der Waals surface area contributed by atoms with Crippen molar-refractivity contribution in [1.29, 1.82) is 0 Å². The topological polar surface area (TPSA) is 38.0 Å². The second-order valence-electron chi connectivity index (χ2n) is 4.95. The van der Waals surface area contributed by atoms with Crippen LogP contribution < -0.4 is 11.3 Å². The van der Waals surface area contributed by atoms with Gasteiger partial charge in [-0.05, 0) is 39.7 Å². The molecule has 2 nitrogen and oxygen atoms in total. The van der Waals surface area contributed by atoms with Gasteiger partial charge in [0.2, 0.25) is 0 Å². The molecule has 96 valence electrons. The van der Waals surface area contributed by atoms with Gasteiger partial charge in [-0.1, -0.05) is 38.5 Å². The summed E-state index contributed by atoms with van der Waals surface area (Å²) in [6.45, 7) is 0. The highest BCUT2D eigenvalue weighted by molar-refractivity contribution is 9.10. The van der Waals surface area contributed by atoms with Gasteiger partial charge in [-0.3, -0.25) is 11.3 Å². The van der Waals surface area contributed by atoms with E-state index in [-0.39, 0.29) is 0 Å². The summed E-state index contributed by atoms with van der Waals surface area (Å²) in [4.78, 5) is 1.34. The first kappa shape index (κ1) is 13.5. The predicted molar refractivity (Wildman–Crippen MR) is 77.9 cm³/mol. The molecular formula is C13H21BrN2S. The Morgan fingerprint density at radius 1 is 1.35 bits per heavy atom. The summed E-state index contributed by atoms with van der Waals surface area (Å²) < 4.78 is 1.19. The average molecular weight is 317 g/mol. The van der Waals surface area contributed by atoms with Gasteiger partial charge >= 0.3 is 0 Å². The van der Waals surface area contributed by atoms with Gasteiger partial charge in [0, 0.05) is 9.35 Å². The standard InChI is InChI=1S/C13H21BrN2S/c14-11-7-8-17-13(11)12(16-15)9-10-5-3-1-2-4-6-10/h7-8,10,12,16H,1-6,9,15H2. The molecule has 1 saturated carbocycles. The van der Waals surface area contributed by atoms with Gasteiger partial charge in [-0.25, -0.2) is 0 Å². The number of nitrogens with one attached hydrogen (secondary N) is 1. The zero-order valence-electron chi connectivity index (χ0n) is 10.1. The van der Waals surface area contributed by atoms with E-state index >= 15 is 0 Å². The zero-order chi connectivity index (χ0) is 12.1. The molecule has 3 N–H and O–H groups in total. The Hall–Kier alpha value is 0.100. The van der Waals surface area contributed by atoms with Crippen LogP contribution in [0.15, 0.2) is 15.9 Å². The molecule has 1 atom stereocenters. The highest BCUT2D eigenvalue weighted by atomic mass is 79.9. The Labute approximate surface area is 116 Å². The first-order chi connectivity index (χ1) is 8.31. The molecule has 0 spiro atoms. The highest BCUT2D eigenvalue weighted by Gasteiger charge is 2.20. The average Bonchev–Trinajstić information content (AvgIpc) is 2.62. The van der Waals surface area contributed by atoms with Crippen LogP contribution >= 0.6 is 27.3 Å². The SMILES string of the molecule is NNC(CC1CCCCCC1)c1sccc1Br. The lowest BCUT2D eigenvalue weighted by atomic mass is 9.92. The van der Waals surface area contributed by atoms with Crippen LogP contribution in [0.4, 0.5) is 0 Å². The minimum absolute atomic E-state index is 0.312. The molecule has 1 aliphatic rings. The van der Waals surface area contributed by atoms with Gasteiger partial charge in [-0.2, -0.15) is 0 Å². The number of hydrogen-bond donors (Lipinski definition) is 2. The summed E-state index contributed by atoms with van der Waals surface area (Å²) in [7, 11) is 0. The molecule has 1 aromatic rings. The number of halogens is 1. The Morgan fingerprint density at radius 2 is 2.06 bits per heavy atom. The van der Waals surface area contributed by atoms with Crippen LogP contribution in [0.2, 0.25) is 0 Å². The van der Waals surface area contributed by atoms with Crippen molar-refractivity contribution in [3.05, 3.63) is 20.8 Å². The Morgan fingerprint density at radius 3 is 2.59 bits per heavy atom. The lowest BCUT2D eigenvalue weighted by Crippen LogP contribution is -2.29. The minimum atomic E-state index is 0.312. The molecule has 17 heavy (non-hydrogen) atoms. The molecule has 1 unspecified atom stereocenters. The van der Waals surface area contributed by atoms with Crippen LogP contribution in [0.25, 0.3) is 0 Å². The summed E-state index contributed by atoms with van der Waals surface area (Å²) in [6, 6.07) is 2.42. The van der Waals surface area contributed by atoms with E-state index in [2.05, 4.69) is 32.8 Å². The molecule has 0 saturated heterocycles. The Kier molecular flexibility index (Phi) is 5.48. The molecule has 0 aromatic carbocycles. The van der Waals surface area contributed by atoms with E-state index in [4.69, 9.17) is 5.84 Å². The third kappa shape index (κ3) is 3.78. The Bertz CT molecular complexity index is 332. The van der Waals surface area contributed by atoms with E-state index in [1.807, 2.05) is 0 Å². The first-order valence-corrected chi connectivity index (χ1v) is 8.17. The summed E-state index contributed by atoms with van der Waals surface area (Å²) in [6.07, 6.45) is 9.55. The smallest absolute Gasteiger partial charge is 0.0567 e. The Balaban J connectivity index is 1.97. The number of thiophene rings is 1. The lowest BCUT2D eigenvalue weighted by molar-refractivity contribution is 0.361. The van der Waals surface area contributed by atoms with Crippen molar-refractivity contribution in [1.82, 2.24) is 5.43 Å². The third-order valence-corrected chi connectivity index (χ3v) is 5.69. The summed E-state index contributed by atoms with van der Waals surface area (Å²) in [5, 5.41) is 2.12. The van der Waals surface area contributed by atoms with Crippen molar-refractivity contribution in [3.63, 3.8) is 0 Å². The van der Waals surface area contributed by atoms with Gasteiger partial charge in [0.25, 0.3) is 0 Å². The molecule has 0 aliphatic heterocycles. The van der Waals surface area contributed by atoms with Crippen molar-refractivity contribution in [2.45, 2.75) is 51.0 Å². The van der Waals surface area contributed by atoms with E-state index in [9.17, 15) is 0 Å². The molecule has 0 radical (unpaired) electrons. The maximum absolute atomic E-state index is 5.72. The largest absolute Gasteiger partial charge is 0.271 e. The fraction of sp³-hybridized carbons (Fsp3) is 0.692. The summed E-state index contributed by atoms with van der Waals surface area (Å²) >= 11 is 5.39. The maximum atomic E-state index is 5.72. The molecule has 1 aliphatic carbocycles. The predicted octanol–water partition coefficient (Wildman–Crippen LogP) is 4.38. The van der Waals surface area contributed by atoms with Crippen LogP contribution in [0, 0.1) is 5.92 Å². The molecule has 1 fully saturated rings. The molecule has 1 heterocycles. The van der Waals surface area contributed by atoms with Gasteiger partial charge in [-0.15, -0.1) is 11.3 Å². The number of nitrogens with two attached hydrogens (primary N) is 1. The molecule has 0 amide bonds. The molecule has 1 aromatic heterocycles. The van der Waals surface area contributed by atoms with Crippen molar-refractivity contribution >= 4 is 27.3 Å². The van der Waals surface area contributed by atoms with Crippen LogP contribution in [0.3, 0.4) is 0 Å². The van der Waals surface area contributed by atoms with E-state index in [0.717, 1.165) is 5.92 Å². The monoisotopic (exact) mass is 316 g/mol. The van der Waals surface area contributed by atoms with Gasteiger partial charge in [0.05, 0.1) is 6.04 Å². The quantitative estimate of drug-likeness (QED) is 0.491. The van der Waals surface area contributed by atoms with Crippen molar-refractivity contribution in [2.24, 2.45) is 11.8 Å². The molecule has 4 heteroatoms. The fourth-order valence-corrected chi connectivity index (χ4v) is 4.46. The third-order valence-electron chi connectivity index (χ3n) is 3.71. The normalized spacial score (nSPS) is 20.1. The lowest BCUT2D eigenvalue weighted by Gasteiger charge is -2.21. The summed E-state index contributed by atoms with van der Waals surface area (Å²) in [5.41, 5.74) is 2.99. The van der Waals surface area contributed by atoms with Crippen molar-refractivity contribution in [3.8, 4) is 0 Å². The van der Waals surface area contributed by atoms with E-state index in [0.29, 0.717) is 6.04 Å². The molecule has 2 rings (SSSR count). The minimum Gasteiger partial charge on any atom is -0.271 e. The fourth-order valence-electron chi connectivity index (χ4n) is 2.74. The number of hydrazine groups is 1. The zero-order valence-corrected chi connectivity index (χ0v) is 12.5. The van der Waals surface area contributed by atoms with E-state index < -0.39 is 0 Å². The van der Waals surface area contributed by atoms with Gasteiger partial charge in [0.15, 0.2) is 0 Å². The van der Waals surface area contributed by atoms with Crippen molar-refractivity contribution in [2.75, 3.05) is 0 Å². The van der Waals surface area contributed by atoms with Gasteiger partial charge < -0.3 is 0 Å². The van der Waals surface area contributed by atoms with Gasteiger partial charge in [0.1, 0.15) is 0 Å². The molecular weight excluding hydrogens is 296 g/mol. The second kappa shape index (κ2) is 6.88. The second-order valence-corrected chi connectivity index (χ2v) is 6.75. The highest BCUT2D eigenvalue weighted by Crippen LogP contribution is 2.35. The van der Waals surface area contributed by atoms with Crippen LogP contribution in [0.1, 0.15) is 55.9 Å². The van der Waals surface area contributed by atoms with Crippen molar-refractivity contribution < 1.29 is 0 Å². The summed E-state index contributed by atoms with van der Waals surface area (Å²) in [5.74, 6) is 6.57. The number of rotatable bonds is 4.